The molecule has 0 aliphatic carbocycles. The Hall–Kier alpha value is -1.88. The first-order valence-corrected chi connectivity index (χ1v) is 6.92. The fourth-order valence-corrected chi connectivity index (χ4v) is 2.58. The maximum absolute atomic E-state index is 13.2. The standard InChI is InChI=1S/C15H18FN3O/c1-11-15(20-14-4-2-3-12(16)9-14)10-18-19(11)13-5-7-17-8-6-13/h2-4,9-10,13,17H,5-8H2,1H3. The van der Waals surface area contributed by atoms with Crippen LogP contribution >= 0.6 is 0 Å². The van der Waals surface area contributed by atoms with Crippen LogP contribution in [-0.4, -0.2) is 22.9 Å². The Morgan fingerprint density at radius 1 is 1.35 bits per heavy atom. The molecule has 1 aromatic heterocycles. The number of hydrogen-bond donors (Lipinski definition) is 1. The molecule has 1 aliphatic heterocycles. The molecule has 0 spiro atoms. The van der Waals surface area contributed by atoms with Crippen molar-refractivity contribution in [2.45, 2.75) is 25.8 Å². The lowest BCUT2D eigenvalue weighted by Gasteiger charge is -2.24. The number of benzene rings is 1. The summed E-state index contributed by atoms with van der Waals surface area (Å²) in [6, 6.07) is 6.57. The minimum absolute atomic E-state index is 0.300. The number of rotatable bonds is 3. The zero-order valence-electron chi connectivity index (χ0n) is 11.5. The molecule has 106 valence electrons. The molecule has 4 nitrogen and oxygen atoms in total. The molecule has 5 heteroatoms. The number of nitrogens with zero attached hydrogens (tertiary/aromatic N) is 2. The van der Waals surface area contributed by atoms with Gasteiger partial charge in [-0.25, -0.2) is 4.39 Å². The number of halogens is 1. The lowest BCUT2D eigenvalue weighted by molar-refractivity contribution is 0.336. The van der Waals surface area contributed by atoms with Crippen LogP contribution in [0.25, 0.3) is 0 Å². The van der Waals surface area contributed by atoms with Crippen molar-refractivity contribution in [3.05, 3.63) is 42.0 Å². The van der Waals surface area contributed by atoms with Crippen molar-refractivity contribution in [3.63, 3.8) is 0 Å². The largest absolute Gasteiger partial charge is 0.454 e. The predicted octanol–water partition coefficient (Wildman–Crippen LogP) is 3.05. The van der Waals surface area contributed by atoms with Crippen LogP contribution in [0.2, 0.25) is 0 Å². The van der Waals surface area contributed by atoms with E-state index in [1.807, 2.05) is 11.6 Å². The molecule has 0 atom stereocenters. The summed E-state index contributed by atoms with van der Waals surface area (Å²) in [4.78, 5) is 0. The number of hydrogen-bond acceptors (Lipinski definition) is 3. The monoisotopic (exact) mass is 275 g/mol. The van der Waals surface area contributed by atoms with Crippen molar-refractivity contribution >= 4 is 0 Å². The Labute approximate surface area is 117 Å². The van der Waals surface area contributed by atoms with Gasteiger partial charge in [0.25, 0.3) is 0 Å². The average molecular weight is 275 g/mol. The van der Waals surface area contributed by atoms with Gasteiger partial charge in [-0.1, -0.05) is 6.07 Å². The highest BCUT2D eigenvalue weighted by molar-refractivity contribution is 5.32. The summed E-state index contributed by atoms with van der Waals surface area (Å²) in [6.07, 6.45) is 3.85. The highest BCUT2D eigenvalue weighted by atomic mass is 19.1. The number of aromatic nitrogens is 2. The van der Waals surface area contributed by atoms with Gasteiger partial charge < -0.3 is 10.1 Å². The molecule has 1 saturated heterocycles. The molecule has 0 unspecified atom stereocenters. The molecule has 2 heterocycles. The second-order valence-electron chi connectivity index (χ2n) is 5.08. The Bertz CT molecular complexity index is 591. The second-order valence-corrected chi connectivity index (χ2v) is 5.08. The topological polar surface area (TPSA) is 39.1 Å². The Kier molecular flexibility index (Phi) is 3.69. The predicted molar refractivity (Wildman–Crippen MR) is 74.6 cm³/mol. The van der Waals surface area contributed by atoms with Gasteiger partial charge in [-0.3, -0.25) is 4.68 Å². The molecular weight excluding hydrogens is 257 g/mol. The Balaban J connectivity index is 1.79. The van der Waals surface area contributed by atoms with Gasteiger partial charge >= 0.3 is 0 Å². The molecule has 0 amide bonds. The van der Waals surface area contributed by atoms with Crippen molar-refractivity contribution in [1.82, 2.24) is 15.1 Å². The van der Waals surface area contributed by atoms with Gasteiger partial charge in [-0.05, 0) is 45.0 Å². The van der Waals surface area contributed by atoms with Crippen LogP contribution < -0.4 is 10.1 Å². The maximum atomic E-state index is 13.2. The highest BCUT2D eigenvalue weighted by Crippen LogP contribution is 2.29. The average Bonchev–Trinajstić information content (AvgIpc) is 2.81. The first-order chi connectivity index (χ1) is 9.74. The van der Waals surface area contributed by atoms with E-state index in [-0.39, 0.29) is 5.82 Å². The molecule has 0 radical (unpaired) electrons. The summed E-state index contributed by atoms with van der Waals surface area (Å²) < 4.78 is 20.9. The van der Waals surface area contributed by atoms with E-state index in [9.17, 15) is 4.39 Å². The fraction of sp³-hybridized carbons (Fsp3) is 0.400. The van der Waals surface area contributed by atoms with E-state index in [1.54, 1.807) is 18.3 Å². The van der Waals surface area contributed by atoms with E-state index < -0.39 is 0 Å². The Morgan fingerprint density at radius 3 is 2.90 bits per heavy atom. The SMILES string of the molecule is Cc1c(Oc2cccc(F)c2)cnn1C1CCNCC1. The molecular formula is C15H18FN3O. The van der Waals surface area contributed by atoms with Crippen LogP contribution in [0.3, 0.4) is 0 Å². The molecule has 1 aromatic carbocycles. The van der Waals surface area contributed by atoms with Gasteiger partial charge in [0.05, 0.1) is 17.9 Å². The van der Waals surface area contributed by atoms with Crippen LogP contribution in [0.15, 0.2) is 30.5 Å². The zero-order valence-corrected chi connectivity index (χ0v) is 11.5. The summed E-state index contributed by atoms with van der Waals surface area (Å²) in [5, 5.41) is 7.77. The van der Waals surface area contributed by atoms with Gasteiger partial charge in [0.1, 0.15) is 11.6 Å². The fourth-order valence-electron chi connectivity index (χ4n) is 2.58. The van der Waals surface area contributed by atoms with E-state index in [0.29, 0.717) is 17.5 Å². The van der Waals surface area contributed by atoms with Gasteiger partial charge in [-0.15, -0.1) is 0 Å². The second kappa shape index (κ2) is 5.63. The van der Waals surface area contributed by atoms with Crippen molar-refractivity contribution < 1.29 is 9.13 Å². The maximum Gasteiger partial charge on any atom is 0.168 e. The summed E-state index contributed by atoms with van der Waals surface area (Å²) in [5.41, 5.74) is 0.987. The number of nitrogens with one attached hydrogen (secondary N) is 1. The molecule has 1 fully saturated rings. The zero-order chi connectivity index (χ0) is 13.9. The van der Waals surface area contributed by atoms with Gasteiger partial charge in [-0.2, -0.15) is 5.10 Å². The lowest BCUT2D eigenvalue weighted by Crippen LogP contribution is -2.30. The van der Waals surface area contributed by atoms with Gasteiger partial charge in [0.2, 0.25) is 0 Å². The summed E-state index contributed by atoms with van der Waals surface area (Å²) >= 11 is 0. The van der Waals surface area contributed by atoms with E-state index >= 15 is 0 Å². The number of piperidine rings is 1. The van der Waals surface area contributed by atoms with Crippen LogP contribution in [0, 0.1) is 12.7 Å². The highest BCUT2D eigenvalue weighted by Gasteiger charge is 2.19. The molecule has 1 aliphatic rings. The summed E-state index contributed by atoms with van der Waals surface area (Å²) in [6.45, 7) is 4.03. The molecule has 2 aromatic rings. The van der Waals surface area contributed by atoms with E-state index in [1.165, 1.54) is 12.1 Å². The van der Waals surface area contributed by atoms with Crippen molar-refractivity contribution in [1.29, 1.82) is 0 Å². The summed E-state index contributed by atoms with van der Waals surface area (Å²) in [5.74, 6) is 0.887. The molecule has 20 heavy (non-hydrogen) atoms. The first-order valence-electron chi connectivity index (χ1n) is 6.92. The molecule has 1 N–H and O–H groups in total. The van der Waals surface area contributed by atoms with Crippen molar-refractivity contribution in [2.75, 3.05) is 13.1 Å². The first kappa shape index (κ1) is 13.1. The van der Waals surface area contributed by atoms with Crippen molar-refractivity contribution in [3.8, 4) is 11.5 Å². The lowest BCUT2D eigenvalue weighted by atomic mass is 10.1. The third-order valence-corrected chi connectivity index (χ3v) is 3.68. The van der Waals surface area contributed by atoms with Crippen molar-refractivity contribution in [2.24, 2.45) is 0 Å². The third kappa shape index (κ3) is 2.67. The van der Waals surface area contributed by atoms with Crippen LogP contribution in [0.1, 0.15) is 24.6 Å². The minimum atomic E-state index is -0.300. The van der Waals surface area contributed by atoms with Crippen LogP contribution in [0.4, 0.5) is 4.39 Å². The number of ether oxygens (including phenoxy) is 1. The van der Waals surface area contributed by atoms with E-state index in [2.05, 4.69) is 10.4 Å². The molecule has 0 saturated carbocycles. The van der Waals surface area contributed by atoms with Gasteiger partial charge in [0.15, 0.2) is 5.75 Å². The van der Waals surface area contributed by atoms with Crippen LogP contribution in [-0.2, 0) is 0 Å². The smallest absolute Gasteiger partial charge is 0.168 e. The third-order valence-electron chi connectivity index (χ3n) is 3.68. The van der Waals surface area contributed by atoms with Crippen LogP contribution in [0.5, 0.6) is 11.5 Å². The van der Waals surface area contributed by atoms with E-state index in [4.69, 9.17) is 4.74 Å². The summed E-state index contributed by atoms with van der Waals surface area (Å²) in [7, 11) is 0. The van der Waals surface area contributed by atoms with Gasteiger partial charge in [0, 0.05) is 6.07 Å². The molecule has 0 bridgehead atoms. The minimum Gasteiger partial charge on any atom is -0.454 e. The molecule has 3 rings (SSSR count). The Morgan fingerprint density at radius 2 is 2.15 bits per heavy atom. The van der Waals surface area contributed by atoms with E-state index in [0.717, 1.165) is 31.6 Å². The normalized spacial score (nSPS) is 16.3. The quantitative estimate of drug-likeness (QED) is 0.935.